The zero-order valence-corrected chi connectivity index (χ0v) is 11.5. The number of hydrogen-bond donors (Lipinski definition) is 2. The predicted molar refractivity (Wildman–Crippen MR) is 75.3 cm³/mol. The predicted octanol–water partition coefficient (Wildman–Crippen LogP) is 3.41. The summed E-state index contributed by atoms with van der Waals surface area (Å²) in [4.78, 5) is 0. The van der Waals surface area contributed by atoms with Gasteiger partial charge in [0.05, 0.1) is 6.61 Å². The van der Waals surface area contributed by atoms with Crippen LogP contribution in [0.5, 0.6) is 0 Å². The first-order valence-corrected chi connectivity index (χ1v) is 7.16. The highest BCUT2D eigenvalue weighted by molar-refractivity contribution is 5.25. The second-order valence-corrected chi connectivity index (χ2v) is 5.66. The molecule has 0 heterocycles. The summed E-state index contributed by atoms with van der Waals surface area (Å²) in [6.07, 6.45) is 5.38. The Morgan fingerprint density at radius 1 is 1.33 bits per heavy atom. The summed E-state index contributed by atoms with van der Waals surface area (Å²) < 4.78 is 0. The number of nitrogens with one attached hydrogen (secondary N) is 1. The van der Waals surface area contributed by atoms with Crippen LogP contribution in [0.1, 0.15) is 56.7 Å². The van der Waals surface area contributed by atoms with E-state index in [9.17, 15) is 5.11 Å². The van der Waals surface area contributed by atoms with Gasteiger partial charge in [-0.25, -0.2) is 0 Å². The molecular formula is C16H25NO. The molecule has 2 rings (SSSR count). The van der Waals surface area contributed by atoms with Gasteiger partial charge in [-0.15, -0.1) is 0 Å². The van der Waals surface area contributed by atoms with Crippen LogP contribution in [0.3, 0.4) is 0 Å². The van der Waals surface area contributed by atoms with Crippen molar-refractivity contribution in [1.82, 2.24) is 5.32 Å². The molecule has 0 radical (unpaired) electrons. The molecule has 100 valence electrons. The van der Waals surface area contributed by atoms with Gasteiger partial charge < -0.3 is 10.4 Å². The minimum absolute atomic E-state index is 0.125. The summed E-state index contributed by atoms with van der Waals surface area (Å²) in [5.74, 6) is 0.780. The van der Waals surface area contributed by atoms with Crippen LogP contribution < -0.4 is 5.32 Å². The zero-order chi connectivity index (χ0) is 13.0. The van der Waals surface area contributed by atoms with E-state index in [1.54, 1.807) is 0 Å². The lowest BCUT2D eigenvalue weighted by Gasteiger charge is -2.32. The smallest absolute Gasteiger partial charge is 0.0681 e. The molecule has 0 aromatic heterocycles. The van der Waals surface area contributed by atoms with E-state index >= 15 is 0 Å². The fraction of sp³-hybridized carbons (Fsp3) is 0.625. The standard InChI is InChI=1S/C16H25NO/c1-12-6-3-4-9-16(12)17-13(2)15-8-5-7-14(10-15)11-18/h5,7-8,10,12-13,16-18H,3-4,6,9,11H2,1-2H3. The van der Waals surface area contributed by atoms with Crippen molar-refractivity contribution in [2.75, 3.05) is 0 Å². The molecule has 0 amide bonds. The summed E-state index contributed by atoms with van der Waals surface area (Å²) in [6, 6.07) is 9.26. The summed E-state index contributed by atoms with van der Waals surface area (Å²) in [6.45, 7) is 4.70. The van der Waals surface area contributed by atoms with Gasteiger partial charge in [-0.1, -0.05) is 44.0 Å². The van der Waals surface area contributed by atoms with Crippen molar-refractivity contribution in [1.29, 1.82) is 0 Å². The molecular weight excluding hydrogens is 222 g/mol. The summed E-state index contributed by atoms with van der Waals surface area (Å²) >= 11 is 0. The maximum absolute atomic E-state index is 9.19. The highest BCUT2D eigenvalue weighted by Gasteiger charge is 2.22. The van der Waals surface area contributed by atoms with E-state index in [2.05, 4.69) is 31.3 Å². The molecule has 0 saturated heterocycles. The van der Waals surface area contributed by atoms with Gasteiger partial charge in [-0.2, -0.15) is 0 Å². The largest absolute Gasteiger partial charge is 0.392 e. The van der Waals surface area contributed by atoms with Crippen molar-refractivity contribution >= 4 is 0 Å². The topological polar surface area (TPSA) is 32.3 Å². The van der Waals surface area contributed by atoms with Gasteiger partial charge in [0.25, 0.3) is 0 Å². The van der Waals surface area contributed by atoms with Crippen molar-refractivity contribution in [2.45, 2.75) is 58.2 Å². The Labute approximate surface area is 110 Å². The molecule has 2 nitrogen and oxygen atoms in total. The van der Waals surface area contributed by atoms with Crippen molar-refractivity contribution in [2.24, 2.45) is 5.92 Å². The Hall–Kier alpha value is -0.860. The lowest BCUT2D eigenvalue weighted by Crippen LogP contribution is -2.38. The first-order chi connectivity index (χ1) is 8.70. The quantitative estimate of drug-likeness (QED) is 0.854. The fourth-order valence-corrected chi connectivity index (χ4v) is 2.94. The molecule has 1 aromatic rings. The lowest BCUT2D eigenvalue weighted by atomic mass is 9.85. The van der Waals surface area contributed by atoms with Gasteiger partial charge in [0.1, 0.15) is 0 Å². The fourth-order valence-electron chi connectivity index (χ4n) is 2.94. The third kappa shape index (κ3) is 3.33. The Bertz CT molecular complexity index is 377. The van der Waals surface area contributed by atoms with Crippen molar-refractivity contribution in [3.63, 3.8) is 0 Å². The first kappa shape index (κ1) is 13.6. The highest BCUT2D eigenvalue weighted by atomic mass is 16.3. The Balaban J connectivity index is 1.99. The molecule has 18 heavy (non-hydrogen) atoms. The lowest BCUT2D eigenvalue weighted by molar-refractivity contribution is 0.263. The molecule has 1 aromatic carbocycles. The summed E-state index contributed by atoms with van der Waals surface area (Å²) in [7, 11) is 0. The van der Waals surface area contributed by atoms with E-state index in [0.717, 1.165) is 11.5 Å². The monoisotopic (exact) mass is 247 g/mol. The third-order valence-corrected chi connectivity index (χ3v) is 4.21. The minimum atomic E-state index is 0.125. The molecule has 2 heteroatoms. The molecule has 1 saturated carbocycles. The van der Waals surface area contributed by atoms with E-state index < -0.39 is 0 Å². The molecule has 2 N–H and O–H groups in total. The number of aliphatic hydroxyl groups excluding tert-OH is 1. The Morgan fingerprint density at radius 2 is 2.11 bits per heavy atom. The van der Waals surface area contributed by atoms with Crippen molar-refractivity contribution in [3.05, 3.63) is 35.4 Å². The third-order valence-electron chi connectivity index (χ3n) is 4.21. The van der Waals surface area contributed by atoms with Crippen LogP contribution in [0.2, 0.25) is 0 Å². The van der Waals surface area contributed by atoms with Gasteiger partial charge in [-0.3, -0.25) is 0 Å². The molecule has 0 bridgehead atoms. The number of aliphatic hydroxyl groups is 1. The van der Waals surface area contributed by atoms with Gasteiger partial charge in [0.2, 0.25) is 0 Å². The van der Waals surface area contributed by atoms with E-state index in [-0.39, 0.29) is 6.61 Å². The van der Waals surface area contributed by atoms with Gasteiger partial charge in [-0.05, 0) is 36.8 Å². The highest BCUT2D eigenvalue weighted by Crippen LogP contribution is 2.26. The van der Waals surface area contributed by atoms with E-state index in [0.29, 0.717) is 12.1 Å². The molecule has 1 fully saturated rings. The van der Waals surface area contributed by atoms with E-state index in [1.807, 2.05) is 12.1 Å². The molecule has 0 aliphatic heterocycles. The molecule has 1 aliphatic carbocycles. The first-order valence-electron chi connectivity index (χ1n) is 7.16. The molecule has 0 spiro atoms. The Kier molecular flexibility index (Phi) is 4.79. The molecule has 3 unspecified atom stereocenters. The number of hydrogen-bond acceptors (Lipinski definition) is 2. The van der Waals surface area contributed by atoms with E-state index in [1.165, 1.54) is 31.2 Å². The SMILES string of the molecule is CC(NC1CCCCC1C)c1cccc(CO)c1. The summed E-state index contributed by atoms with van der Waals surface area (Å²) in [5.41, 5.74) is 2.28. The van der Waals surface area contributed by atoms with Crippen LogP contribution in [0.25, 0.3) is 0 Å². The van der Waals surface area contributed by atoms with Gasteiger partial charge in [0.15, 0.2) is 0 Å². The van der Waals surface area contributed by atoms with Crippen LogP contribution >= 0.6 is 0 Å². The van der Waals surface area contributed by atoms with Crippen molar-refractivity contribution in [3.8, 4) is 0 Å². The van der Waals surface area contributed by atoms with Crippen LogP contribution in [0, 0.1) is 5.92 Å². The summed E-state index contributed by atoms with van der Waals surface area (Å²) in [5, 5.41) is 12.9. The zero-order valence-electron chi connectivity index (χ0n) is 11.5. The maximum atomic E-state index is 9.19. The number of benzene rings is 1. The average molecular weight is 247 g/mol. The van der Waals surface area contributed by atoms with Crippen molar-refractivity contribution < 1.29 is 5.11 Å². The molecule has 3 atom stereocenters. The van der Waals surface area contributed by atoms with Gasteiger partial charge >= 0.3 is 0 Å². The van der Waals surface area contributed by atoms with Gasteiger partial charge in [0, 0.05) is 12.1 Å². The molecule has 1 aliphatic rings. The minimum Gasteiger partial charge on any atom is -0.392 e. The Morgan fingerprint density at radius 3 is 2.83 bits per heavy atom. The van der Waals surface area contributed by atoms with Crippen LogP contribution in [0.4, 0.5) is 0 Å². The number of rotatable bonds is 4. The average Bonchev–Trinajstić information content (AvgIpc) is 2.41. The maximum Gasteiger partial charge on any atom is 0.0681 e. The normalized spacial score (nSPS) is 25.9. The second kappa shape index (κ2) is 6.35. The van der Waals surface area contributed by atoms with Crippen LogP contribution in [-0.2, 0) is 6.61 Å². The van der Waals surface area contributed by atoms with Crippen LogP contribution in [0.15, 0.2) is 24.3 Å². The van der Waals surface area contributed by atoms with E-state index in [4.69, 9.17) is 0 Å². The van der Waals surface area contributed by atoms with Crippen LogP contribution in [-0.4, -0.2) is 11.1 Å². The second-order valence-electron chi connectivity index (χ2n) is 5.66.